The number of hydrogen-bond acceptors (Lipinski definition) is 3. The third-order valence-corrected chi connectivity index (χ3v) is 4.75. The Morgan fingerprint density at radius 1 is 1.33 bits per heavy atom. The molecule has 0 bridgehead atoms. The molecule has 21 heavy (non-hydrogen) atoms. The Morgan fingerprint density at radius 2 is 2.05 bits per heavy atom. The van der Waals surface area contributed by atoms with E-state index in [9.17, 15) is 9.90 Å². The molecule has 2 aliphatic heterocycles. The van der Waals surface area contributed by atoms with Crippen molar-refractivity contribution in [1.29, 1.82) is 0 Å². The predicted octanol–water partition coefficient (Wildman–Crippen LogP) is 2.94. The maximum absolute atomic E-state index is 11.4. The van der Waals surface area contributed by atoms with Crippen LogP contribution in [0.15, 0.2) is 24.3 Å². The van der Waals surface area contributed by atoms with Crippen LogP contribution in [0.5, 0.6) is 5.75 Å². The molecule has 3 rings (SSSR count). The molecule has 0 radical (unpaired) electrons. The summed E-state index contributed by atoms with van der Waals surface area (Å²) in [6, 6.07) is 8.38. The van der Waals surface area contributed by atoms with Gasteiger partial charge in [-0.1, -0.05) is 25.1 Å². The van der Waals surface area contributed by atoms with Crippen LogP contribution in [0.4, 0.5) is 0 Å². The van der Waals surface area contributed by atoms with Crippen molar-refractivity contribution in [1.82, 2.24) is 4.90 Å². The number of aliphatic carboxylic acids is 1. The molecule has 0 saturated carbocycles. The number of hydrogen-bond donors (Lipinski definition) is 1. The molecule has 2 heterocycles. The Hall–Kier alpha value is -1.55. The van der Waals surface area contributed by atoms with E-state index in [-0.39, 0.29) is 23.5 Å². The molecule has 4 heteroatoms. The summed E-state index contributed by atoms with van der Waals surface area (Å²) in [5.41, 5.74) is 0.971. The fourth-order valence-corrected chi connectivity index (χ4v) is 3.67. The molecule has 1 N–H and O–H groups in total. The molecule has 3 atom stereocenters. The molecule has 0 amide bonds. The smallest absolute Gasteiger partial charge is 0.308 e. The number of carboxylic acids is 1. The predicted molar refractivity (Wildman–Crippen MR) is 80.4 cm³/mol. The summed E-state index contributed by atoms with van der Waals surface area (Å²) < 4.78 is 6.07. The number of rotatable bonds is 2. The van der Waals surface area contributed by atoms with E-state index in [1.807, 2.05) is 25.1 Å². The summed E-state index contributed by atoms with van der Waals surface area (Å²) in [6.45, 7) is 7.71. The van der Waals surface area contributed by atoms with Gasteiger partial charge < -0.3 is 9.84 Å². The third kappa shape index (κ3) is 2.64. The van der Waals surface area contributed by atoms with Gasteiger partial charge in [0.25, 0.3) is 0 Å². The first-order valence-corrected chi connectivity index (χ1v) is 7.62. The molecular formula is C17H23NO3. The van der Waals surface area contributed by atoms with Crippen molar-refractivity contribution >= 4 is 5.97 Å². The molecule has 1 saturated heterocycles. The molecular weight excluding hydrogens is 266 g/mol. The Kier molecular flexibility index (Phi) is 3.44. The zero-order valence-electron chi connectivity index (χ0n) is 12.9. The van der Waals surface area contributed by atoms with E-state index in [0.29, 0.717) is 6.54 Å². The maximum Gasteiger partial charge on any atom is 0.308 e. The average molecular weight is 289 g/mol. The van der Waals surface area contributed by atoms with Gasteiger partial charge in [-0.05, 0) is 25.8 Å². The van der Waals surface area contributed by atoms with E-state index >= 15 is 0 Å². The van der Waals surface area contributed by atoms with E-state index in [1.54, 1.807) is 0 Å². The Bertz CT molecular complexity index is 555. The SMILES string of the molecule is CC1CN(C2CC(C)(C)Oc3ccccc32)CC1C(=O)O. The molecule has 1 aromatic rings. The molecule has 1 aromatic carbocycles. The number of benzene rings is 1. The summed E-state index contributed by atoms with van der Waals surface area (Å²) in [5.74, 6) is 0.193. The highest BCUT2D eigenvalue weighted by Gasteiger charge is 2.42. The van der Waals surface area contributed by atoms with Gasteiger partial charge in [0.05, 0.1) is 5.92 Å². The molecule has 0 spiro atoms. The quantitative estimate of drug-likeness (QED) is 0.909. The van der Waals surface area contributed by atoms with E-state index in [0.717, 1.165) is 18.7 Å². The first-order valence-electron chi connectivity index (χ1n) is 7.62. The first kappa shape index (κ1) is 14.4. The van der Waals surface area contributed by atoms with Crippen LogP contribution >= 0.6 is 0 Å². The van der Waals surface area contributed by atoms with E-state index in [4.69, 9.17) is 4.74 Å². The highest BCUT2D eigenvalue weighted by molar-refractivity contribution is 5.71. The average Bonchev–Trinajstić information content (AvgIpc) is 2.79. The minimum Gasteiger partial charge on any atom is -0.487 e. The molecule has 0 aromatic heterocycles. The Morgan fingerprint density at radius 3 is 2.71 bits per heavy atom. The van der Waals surface area contributed by atoms with Gasteiger partial charge in [-0.25, -0.2) is 0 Å². The summed E-state index contributed by atoms with van der Waals surface area (Å²) in [5, 5.41) is 9.35. The lowest BCUT2D eigenvalue weighted by molar-refractivity contribution is -0.142. The van der Waals surface area contributed by atoms with Gasteiger partial charge >= 0.3 is 5.97 Å². The van der Waals surface area contributed by atoms with Crippen LogP contribution in [0.2, 0.25) is 0 Å². The number of fused-ring (bicyclic) bond motifs is 1. The van der Waals surface area contributed by atoms with Gasteiger partial charge in [0, 0.05) is 31.1 Å². The lowest BCUT2D eigenvalue weighted by atomic mass is 9.89. The van der Waals surface area contributed by atoms with Gasteiger partial charge in [0.2, 0.25) is 0 Å². The first-order chi connectivity index (χ1) is 9.87. The topological polar surface area (TPSA) is 49.8 Å². The van der Waals surface area contributed by atoms with Crippen molar-refractivity contribution in [3.8, 4) is 5.75 Å². The number of carboxylic acid groups (broad SMARTS) is 1. The molecule has 4 nitrogen and oxygen atoms in total. The maximum atomic E-state index is 11.4. The van der Waals surface area contributed by atoms with Gasteiger partial charge in [0.1, 0.15) is 11.4 Å². The van der Waals surface area contributed by atoms with Crippen molar-refractivity contribution in [2.75, 3.05) is 13.1 Å². The molecule has 1 fully saturated rings. The van der Waals surface area contributed by atoms with Crippen LogP contribution in [-0.2, 0) is 4.79 Å². The largest absolute Gasteiger partial charge is 0.487 e. The molecule has 114 valence electrons. The molecule has 3 unspecified atom stereocenters. The summed E-state index contributed by atoms with van der Waals surface area (Å²) in [4.78, 5) is 13.7. The fourth-order valence-electron chi connectivity index (χ4n) is 3.67. The second kappa shape index (κ2) is 5.02. The standard InChI is InChI=1S/C17H23NO3/c1-11-9-18(10-13(11)16(19)20)14-8-17(2,3)21-15-7-5-4-6-12(14)15/h4-7,11,13-14H,8-10H2,1-3H3,(H,19,20). The van der Waals surface area contributed by atoms with Crippen LogP contribution in [0, 0.1) is 11.8 Å². The van der Waals surface area contributed by atoms with E-state index in [2.05, 4.69) is 24.8 Å². The van der Waals surface area contributed by atoms with Crippen LogP contribution in [0.1, 0.15) is 38.8 Å². The fraction of sp³-hybridized carbons (Fsp3) is 0.588. The zero-order valence-corrected chi connectivity index (χ0v) is 12.9. The molecule has 2 aliphatic rings. The van der Waals surface area contributed by atoms with E-state index < -0.39 is 5.97 Å². The minimum atomic E-state index is -0.676. The van der Waals surface area contributed by atoms with E-state index in [1.165, 1.54) is 5.56 Å². The van der Waals surface area contributed by atoms with Crippen molar-refractivity contribution in [2.45, 2.75) is 38.8 Å². The number of nitrogens with zero attached hydrogens (tertiary/aromatic N) is 1. The van der Waals surface area contributed by atoms with Gasteiger partial charge in [0.15, 0.2) is 0 Å². The monoisotopic (exact) mass is 289 g/mol. The molecule has 0 aliphatic carbocycles. The lowest BCUT2D eigenvalue weighted by Gasteiger charge is -2.41. The highest BCUT2D eigenvalue weighted by Crippen LogP contribution is 2.44. The second-order valence-corrected chi connectivity index (χ2v) is 7.00. The number of likely N-dealkylation sites (tertiary alicyclic amines) is 1. The van der Waals surface area contributed by atoms with Gasteiger partial charge in [-0.3, -0.25) is 9.69 Å². The second-order valence-electron chi connectivity index (χ2n) is 7.00. The summed E-state index contributed by atoms with van der Waals surface area (Å²) in [6.07, 6.45) is 0.892. The van der Waals surface area contributed by atoms with Crippen LogP contribution in [0.3, 0.4) is 0 Å². The van der Waals surface area contributed by atoms with Crippen LogP contribution in [0.25, 0.3) is 0 Å². The zero-order chi connectivity index (χ0) is 15.2. The Labute approximate surface area is 125 Å². The lowest BCUT2D eigenvalue weighted by Crippen LogP contribution is -2.41. The summed E-state index contributed by atoms with van der Waals surface area (Å²) in [7, 11) is 0. The van der Waals surface area contributed by atoms with Crippen molar-refractivity contribution in [3.63, 3.8) is 0 Å². The number of para-hydroxylation sites is 1. The van der Waals surface area contributed by atoms with Gasteiger partial charge in [-0.15, -0.1) is 0 Å². The Balaban J connectivity index is 1.90. The van der Waals surface area contributed by atoms with Crippen LogP contribution in [-0.4, -0.2) is 34.7 Å². The third-order valence-electron chi connectivity index (χ3n) is 4.75. The minimum absolute atomic E-state index is 0.195. The number of carbonyl (C=O) groups is 1. The summed E-state index contributed by atoms with van der Waals surface area (Å²) >= 11 is 0. The van der Waals surface area contributed by atoms with Crippen molar-refractivity contribution < 1.29 is 14.6 Å². The van der Waals surface area contributed by atoms with Crippen molar-refractivity contribution in [2.24, 2.45) is 11.8 Å². The van der Waals surface area contributed by atoms with Crippen LogP contribution < -0.4 is 4.74 Å². The van der Waals surface area contributed by atoms with Crippen molar-refractivity contribution in [3.05, 3.63) is 29.8 Å². The highest BCUT2D eigenvalue weighted by atomic mass is 16.5. The van der Waals surface area contributed by atoms with Gasteiger partial charge in [-0.2, -0.15) is 0 Å². The normalized spacial score (nSPS) is 31.5. The number of ether oxygens (including phenoxy) is 1.